The number of piperidine rings is 1. The fourth-order valence-corrected chi connectivity index (χ4v) is 4.89. The molecular weight excluding hydrogens is 416 g/mol. The van der Waals surface area contributed by atoms with Gasteiger partial charge in [0.05, 0.1) is 36.6 Å². The lowest BCUT2D eigenvalue weighted by atomic mass is 9.88. The molecule has 2 aliphatic heterocycles. The fraction of sp³-hybridized carbons (Fsp3) is 0.500. The zero-order valence-electron chi connectivity index (χ0n) is 20.3. The van der Waals surface area contributed by atoms with Crippen LogP contribution in [0.1, 0.15) is 34.1 Å². The van der Waals surface area contributed by atoms with Gasteiger partial charge in [-0.1, -0.05) is 11.6 Å². The molecule has 0 aliphatic carbocycles. The number of hydrogen-bond donors (Lipinski definition) is 2. The minimum atomic E-state index is -2.41. The third-order valence-electron chi connectivity index (χ3n) is 6.23. The number of nitrogens with one attached hydrogen (secondary N) is 1. The predicted molar refractivity (Wildman–Crippen MR) is 120 cm³/mol. The first-order valence-electron chi connectivity index (χ1n) is 12.0. The van der Waals surface area contributed by atoms with Gasteiger partial charge < -0.3 is 15.2 Å². The zero-order chi connectivity index (χ0) is 24.0. The van der Waals surface area contributed by atoms with Crippen molar-refractivity contribution in [2.45, 2.75) is 37.8 Å². The van der Waals surface area contributed by atoms with Gasteiger partial charge >= 0.3 is 0 Å². The molecule has 1 aromatic carbocycles. The van der Waals surface area contributed by atoms with Crippen LogP contribution in [0.3, 0.4) is 0 Å². The van der Waals surface area contributed by atoms with Crippen LogP contribution >= 0.6 is 11.6 Å². The summed E-state index contributed by atoms with van der Waals surface area (Å²) in [5.41, 5.74) is 2.36. The Kier molecular flexibility index (Phi) is 4.66. The Morgan fingerprint density at radius 3 is 2.84 bits per heavy atom. The van der Waals surface area contributed by atoms with Gasteiger partial charge in [-0.25, -0.2) is 9.97 Å². The van der Waals surface area contributed by atoms with Gasteiger partial charge in [0.25, 0.3) is 0 Å². The molecule has 2 aliphatic rings. The molecule has 0 amide bonds. The van der Waals surface area contributed by atoms with Gasteiger partial charge in [-0.05, 0) is 56.5 Å². The summed E-state index contributed by atoms with van der Waals surface area (Å²) < 4.78 is 29.4. The average molecular weight is 446 g/mol. The molecule has 31 heavy (non-hydrogen) atoms. The van der Waals surface area contributed by atoms with E-state index < -0.39 is 13.1 Å². The van der Waals surface area contributed by atoms with E-state index in [-0.39, 0.29) is 12.0 Å². The number of benzene rings is 1. The summed E-state index contributed by atoms with van der Waals surface area (Å²) in [5, 5.41) is 18.7. The van der Waals surface area contributed by atoms with Gasteiger partial charge in [0.1, 0.15) is 5.82 Å². The highest BCUT2D eigenvalue weighted by Gasteiger charge is 2.34. The van der Waals surface area contributed by atoms with Gasteiger partial charge in [-0.15, -0.1) is 0 Å². The minimum absolute atomic E-state index is 0.0707. The molecule has 164 valence electrons. The molecule has 3 aromatic rings. The topological polar surface area (TPSA) is 88.3 Å². The van der Waals surface area contributed by atoms with Gasteiger partial charge in [-0.3, -0.25) is 9.58 Å². The Morgan fingerprint density at radius 1 is 1.26 bits per heavy atom. The van der Waals surface area contributed by atoms with E-state index >= 15 is 0 Å². The van der Waals surface area contributed by atoms with Crippen LogP contribution in [-0.2, 0) is 11.7 Å². The Bertz CT molecular complexity index is 1200. The molecule has 2 fully saturated rings. The van der Waals surface area contributed by atoms with Crippen molar-refractivity contribution in [2.24, 2.45) is 6.98 Å². The van der Waals surface area contributed by atoms with Crippen LogP contribution in [-0.4, -0.2) is 68.2 Å². The van der Waals surface area contributed by atoms with Crippen molar-refractivity contribution in [3.63, 3.8) is 0 Å². The van der Waals surface area contributed by atoms with E-state index in [4.69, 9.17) is 20.5 Å². The summed E-state index contributed by atoms with van der Waals surface area (Å²) in [6.07, 6.45) is 3.12. The number of hydrogen-bond acceptors (Lipinski definition) is 7. The maximum Gasteiger partial charge on any atom is 0.228 e. The molecule has 2 aromatic heterocycles. The molecule has 4 heterocycles. The Hall–Kier alpha value is -2.26. The Balaban J connectivity index is 1.36. The lowest BCUT2D eigenvalue weighted by molar-refractivity contribution is 0.0663. The summed E-state index contributed by atoms with van der Waals surface area (Å²) >= 11 is 6.65. The summed E-state index contributed by atoms with van der Waals surface area (Å²) in [5.74, 6) is 0.881. The molecule has 0 unspecified atom stereocenters. The Morgan fingerprint density at radius 2 is 2.10 bits per heavy atom. The molecule has 2 atom stereocenters. The monoisotopic (exact) mass is 445 g/mol. The smallest absolute Gasteiger partial charge is 0.228 e. The van der Waals surface area contributed by atoms with Crippen LogP contribution in [0.15, 0.2) is 24.4 Å². The number of halogens is 1. The highest BCUT2D eigenvalue weighted by molar-refractivity contribution is 6.32. The third kappa shape index (κ3) is 4.13. The number of aliphatic hydroxyl groups is 1. The van der Waals surface area contributed by atoms with E-state index in [1.807, 2.05) is 12.1 Å². The third-order valence-corrected chi connectivity index (χ3v) is 6.56. The summed E-state index contributed by atoms with van der Waals surface area (Å²) in [6.45, 7) is 2.05. The first-order valence-corrected chi connectivity index (χ1v) is 10.9. The Labute approximate surface area is 190 Å². The molecule has 0 radical (unpaired) electrons. The number of aryl methyl sites for hydroxylation is 2. The van der Waals surface area contributed by atoms with Gasteiger partial charge in [0, 0.05) is 33.8 Å². The van der Waals surface area contributed by atoms with Crippen LogP contribution in [0, 0.1) is 6.92 Å². The molecule has 0 spiro atoms. The molecule has 5 rings (SSSR count). The van der Waals surface area contributed by atoms with Crippen LogP contribution in [0.2, 0.25) is 5.02 Å². The van der Waals surface area contributed by atoms with Crippen molar-refractivity contribution in [1.29, 1.82) is 0 Å². The number of rotatable bonds is 4. The normalized spacial score (nSPS) is 24.8. The number of nitrogens with zero attached hydrogens (tertiary/aromatic N) is 5. The van der Waals surface area contributed by atoms with Gasteiger partial charge in [0.2, 0.25) is 5.95 Å². The zero-order valence-corrected chi connectivity index (χ0v) is 18.0. The van der Waals surface area contributed by atoms with Gasteiger partial charge in [-0.2, -0.15) is 5.10 Å². The summed E-state index contributed by atoms with van der Waals surface area (Å²) in [6, 6.07) is 5.60. The lowest BCUT2D eigenvalue weighted by Gasteiger charge is -2.36. The molecule has 2 saturated heterocycles. The van der Waals surface area contributed by atoms with Crippen LogP contribution < -0.4 is 5.32 Å². The molecule has 9 heteroatoms. The number of ether oxygens (including phenoxy) is 1. The first kappa shape index (κ1) is 17.3. The van der Waals surface area contributed by atoms with Crippen molar-refractivity contribution in [2.75, 3.05) is 31.6 Å². The number of aliphatic hydroxyl groups excluding tert-OH is 1. The molecular formula is C22H27ClN6O2. The molecule has 2 N–H and O–H groups in total. The van der Waals surface area contributed by atoms with Crippen molar-refractivity contribution in [3.05, 3.63) is 40.7 Å². The van der Waals surface area contributed by atoms with Crippen molar-refractivity contribution >= 4 is 34.3 Å². The minimum Gasteiger partial charge on any atom is -0.389 e. The highest BCUT2D eigenvalue weighted by atomic mass is 35.5. The van der Waals surface area contributed by atoms with E-state index in [0.29, 0.717) is 35.7 Å². The predicted octanol–water partition coefficient (Wildman–Crippen LogP) is 3.01. The second-order valence-corrected chi connectivity index (χ2v) is 8.72. The largest absolute Gasteiger partial charge is 0.389 e. The molecule has 0 bridgehead atoms. The van der Waals surface area contributed by atoms with Crippen molar-refractivity contribution in [3.8, 4) is 0 Å². The van der Waals surface area contributed by atoms with E-state index in [2.05, 4.69) is 25.3 Å². The van der Waals surface area contributed by atoms with Gasteiger partial charge in [0.15, 0.2) is 0 Å². The maximum atomic E-state index is 10.1. The number of aromatic nitrogens is 4. The van der Waals surface area contributed by atoms with Crippen molar-refractivity contribution < 1.29 is 14.0 Å². The maximum absolute atomic E-state index is 10.1. The molecule has 8 nitrogen and oxygen atoms in total. The van der Waals surface area contributed by atoms with Crippen LogP contribution in [0.25, 0.3) is 10.9 Å². The number of anilines is 2. The summed E-state index contributed by atoms with van der Waals surface area (Å²) in [4.78, 5) is 11.3. The van der Waals surface area contributed by atoms with E-state index in [9.17, 15) is 5.11 Å². The second-order valence-electron chi connectivity index (χ2n) is 8.32. The SMILES string of the molecule is [2H]C([2H])([2H])n1nc(C)cc1Nc1ncc2cc(Cl)c(C3CCN([C@H]4COC[C@H]4O)CC3)cc2n1. The quantitative estimate of drug-likeness (QED) is 0.638. The van der Waals surface area contributed by atoms with E-state index in [1.165, 1.54) is 0 Å². The highest BCUT2D eigenvalue weighted by Crippen LogP contribution is 2.36. The lowest BCUT2D eigenvalue weighted by Crippen LogP contribution is -2.46. The molecule has 0 saturated carbocycles. The van der Waals surface area contributed by atoms with Crippen LogP contribution in [0.4, 0.5) is 11.8 Å². The summed E-state index contributed by atoms with van der Waals surface area (Å²) in [7, 11) is 0. The van der Waals surface area contributed by atoms with Crippen molar-refractivity contribution in [1.82, 2.24) is 24.6 Å². The average Bonchev–Trinajstić information content (AvgIpc) is 3.38. The van der Waals surface area contributed by atoms with E-state index in [0.717, 1.165) is 47.1 Å². The van der Waals surface area contributed by atoms with E-state index in [1.54, 1.807) is 19.2 Å². The number of fused-ring (bicyclic) bond motifs is 1. The number of likely N-dealkylation sites (tertiary alicyclic amines) is 1. The standard InChI is InChI=1S/C22H27ClN6O2/c1-13-7-21(28(2)27-13)26-22-24-10-15-8-17(23)16(9-18(15)25-22)14-3-5-29(6-4-14)19-11-31-12-20(19)30/h7-10,14,19-20,30H,3-6,11-12H2,1-2H3,(H,24,25,26)/t19-,20+/m0/s1/i2D3. The first-order chi connectivity index (χ1) is 16.2. The fourth-order valence-electron chi connectivity index (χ4n) is 4.57. The second kappa shape index (κ2) is 8.35. The van der Waals surface area contributed by atoms with Crippen LogP contribution in [0.5, 0.6) is 0 Å².